The highest BCUT2D eigenvalue weighted by Crippen LogP contribution is 2.23. The summed E-state index contributed by atoms with van der Waals surface area (Å²) in [6.07, 6.45) is -4.43. The van der Waals surface area contributed by atoms with Crippen LogP contribution in [0.1, 0.15) is 36.8 Å². The summed E-state index contributed by atoms with van der Waals surface area (Å²) in [5, 5.41) is 0. The Labute approximate surface area is 115 Å². The van der Waals surface area contributed by atoms with Gasteiger partial charge < -0.3 is 10.6 Å². The number of halogens is 3. The number of pyridine rings is 1. The number of aromatic nitrogens is 1. The monoisotopic (exact) mass is 289 g/mol. The lowest BCUT2D eigenvalue weighted by Crippen LogP contribution is -2.36. The van der Waals surface area contributed by atoms with Crippen LogP contribution >= 0.6 is 0 Å². The molecule has 0 fully saturated rings. The highest BCUT2D eigenvalue weighted by atomic mass is 19.4. The van der Waals surface area contributed by atoms with Gasteiger partial charge >= 0.3 is 6.18 Å². The summed E-state index contributed by atoms with van der Waals surface area (Å²) < 4.78 is 36.9. The molecule has 2 N–H and O–H groups in total. The normalized spacial score (nSPS) is 12.3. The number of nitrogen functional groups attached to an aromatic ring is 1. The maximum absolute atomic E-state index is 12.3. The Bertz CT molecular complexity index is 507. The Kier molecular flexibility index (Phi) is 4.31. The Morgan fingerprint density at radius 3 is 2.30 bits per heavy atom. The molecule has 0 aromatic carbocycles. The molecular formula is C13H18F3N3O. The van der Waals surface area contributed by atoms with Gasteiger partial charge in [-0.25, -0.2) is 4.98 Å². The average Bonchev–Trinajstić information content (AvgIpc) is 2.23. The van der Waals surface area contributed by atoms with Gasteiger partial charge in [0.25, 0.3) is 5.91 Å². The van der Waals surface area contributed by atoms with Gasteiger partial charge in [0.1, 0.15) is 12.4 Å². The molecular weight excluding hydrogens is 271 g/mol. The molecule has 20 heavy (non-hydrogen) atoms. The van der Waals surface area contributed by atoms with Crippen LogP contribution in [0.25, 0.3) is 0 Å². The first-order chi connectivity index (χ1) is 8.90. The number of alkyl halides is 3. The van der Waals surface area contributed by atoms with E-state index in [0.717, 1.165) is 7.05 Å². The molecule has 1 aromatic rings. The van der Waals surface area contributed by atoms with Crippen LogP contribution in [0.5, 0.6) is 0 Å². The van der Waals surface area contributed by atoms with E-state index in [0.29, 0.717) is 10.6 Å². The fraction of sp³-hybridized carbons (Fsp3) is 0.538. The lowest BCUT2D eigenvalue weighted by molar-refractivity contribution is -0.138. The van der Waals surface area contributed by atoms with Crippen LogP contribution in [-0.4, -0.2) is 35.6 Å². The number of rotatable bonds is 2. The third-order valence-corrected chi connectivity index (χ3v) is 2.62. The Balaban J connectivity index is 3.08. The summed E-state index contributed by atoms with van der Waals surface area (Å²) in [5.74, 6) is -0.622. The molecule has 7 heteroatoms. The molecule has 4 nitrogen and oxygen atoms in total. The number of anilines is 1. The standard InChI is InChI=1S/C13H18F3N3O/c1-12(2,3)9-5-8(6-10(17)18-9)11(20)19(4)7-13(14,15)16/h5-6H,7H2,1-4H3,(H2,17,18). The van der Waals surface area contributed by atoms with Gasteiger partial charge in [0.15, 0.2) is 0 Å². The highest BCUT2D eigenvalue weighted by Gasteiger charge is 2.32. The van der Waals surface area contributed by atoms with Gasteiger partial charge in [-0.15, -0.1) is 0 Å². The van der Waals surface area contributed by atoms with E-state index in [1.807, 2.05) is 20.8 Å². The molecule has 0 atom stereocenters. The van der Waals surface area contributed by atoms with E-state index in [2.05, 4.69) is 4.98 Å². The number of carbonyl (C=O) groups excluding carboxylic acids is 1. The zero-order valence-corrected chi connectivity index (χ0v) is 11.9. The lowest BCUT2D eigenvalue weighted by Gasteiger charge is -2.22. The Hall–Kier alpha value is -1.79. The van der Waals surface area contributed by atoms with Gasteiger partial charge in [-0.1, -0.05) is 20.8 Å². The predicted octanol–water partition coefficient (Wildman–Crippen LogP) is 2.60. The summed E-state index contributed by atoms with van der Waals surface area (Å²) in [4.78, 5) is 16.7. The maximum atomic E-state index is 12.3. The topological polar surface area (TPSA) is 59.2 Å². The molecule has 1 aromatic heterocycles. The minimum atomic E-state index is -4.43. The number of hydrogen-bond acceptors (Lipinski definition) is 3. The van der Waals surface area contributed by atoms with E-state index >= 15 is 0 Å². The van der Waals surface area contributed by atoms with Crippen LogP contribution < -0.4 is 5.73 Å². The van der Waals surface area contributed by atoms with E-state index in [-0.39, 0.29) is 16.8 Å². The fourth-order valence-corrected chi connectivity index (χ4v) is 1.62. The highest BCUT2D eigenvalue weighted by molar-refractivity contribution is 5.94. The molecule has 1 rings (SSSR count). The molecule has 0 aliphatic carbocycles. The Morgan fingerprint density at radius 2 is 1.85 bits per heavy atom. The molecule has 0 aliphatic rings. The lowest BCUT2D eigenvalue weighted by atomic mass is 9.90. The fourth-order valence-electron chi connectivity index (χ4n) is 1.62. The van der Waals surface area contributed by atoms with Crippen LogP contribution in [0.4, 0.5) is 19.0 Å². The zero-order chi connectivity index (χ0) is 15.7. The van der Waals surface area contributed by atoms with Gasteiger partial charge in [0.05, 0.1) is 0 Å². The van der Waals surface area contributed by atoms with Gasteiger partial charge in [0.2, 0.25) is 0 Å². The van der Waals surface area contributed by atoms with Gasteiger partial charge in [-0.3, -0.25) is 4.79 Å². The quantitative estimate of drug-likeness (QED) is 0.910. The number of nitrogens with two attached hydrogens (primary N) is 1. The molecule has 0 saturated carbocycles. The van der Waals surface area contributed by atoms with Gasteiger partial charge in [-0.05, 0) is 12.1 Å². The zero-order valence-electron chi connectivity index (χ0n) is 11.9. The third kappa shape index (κ3) is 4.40. The van der Waals surface area contributed by atoms with E-state index in [9.17, 15) is 18.0 Å². The van der Waals surface area contributed by atoms with E-state index in [1.165, 1.54) is 12.1 Å². The first kappa shape index (κ1) is 16.3. The first-order valence-electron chi connectivity index (χ1n) is 6.00. The van der Waals surface area contributed by atoms with Crippen LogP contribution in [0, 0.1) is 0 Å². The number of nitrogens with zero attached hydrogens (tertiary/aromatic N) is 2. The number of carbonyl (C=O) groups is 1. The summed E-state index contributed by atoms with van der Waals surface area (Å²) in [6.45, 7) is 4.33. The minimum Gasteiger partial charge on any atom is -0.384 e. The van der Waals surface area contributed by atoms with E-state index < -0.39 is 18.6 Å². The second-order valence-corrected chi connectivity index (χ2v) is 5.69. The van der Waals surface area contributed by atoms with E-state index in [1.54, 1.807) is 0 Å². The third-order valence-electron chi connectivity index (χ3n) is 2.62. The van der Waals surface area contributed by atoms with Crippen molar-refractivity contribution < 1.29 is 18.0 Å². The summed E-state index contributed by atoms with van der Waals surface area (Å²) in [5.41, 5.74) is 5.93. The summed E-state index contributed by atoms with van der Waals surface area (Å²) in [6, 6.07) is 2.76. The van der Waals surface area contributed by atoms with Crippen molar-refractivity contribution in [1.82, 2.24) is 9.88 Å². The molecule has 0 aliphatic heterocycles. The van der Waals surface area contributed by atoms with Crippen LogP contribution in [0.2, 0.25) is 0 Å². The molecule has 0 radical (unpaired) electrons. The van der Waals surface area contributed by atoms with Crippen molar-refractivity contribution in [3.8, 4) is 0 Å². The van der Waals surface area contributed by atoms with Crippen molar-refractivity contribution >= 4 is 11.7 Å². The van der Waals surface area contributed by atoms with Crippen LogP contribution in [-0.2, 0) is 5.41 Å². The molecule has 0 unspecified atom stereocenters. The van der Waals surface area contributed by atoms with Gasteiger partial charge in [-0.2, -0.15) is 13.2 Å². The van der Waals surface area contributed by atoms with Crippen molar-refractivity contribution in [2.45, 2.75) is 32.4 Å². The summed E-state index contributed by atoms with van der Waals surface area (Å²) in [7, 11) is 1.10. The predicted molar refractivity (Wildman–Crippen MR) is 70.4 cm³/mol. The van der Waals surface area contributed by atoms with Crippen LogP contribution in [0.3, 0.4) is 0 Å². The Morgan fingerprint density at radius 1 is 1.30 bits per heavy atom. The van der Waals surface area contributed by atoms with Crippen molar-refractivity contribution in [2.24, 2.45) is 0 Å². The maximum Gasteiger partial charge on any atom is 0.406 e. The molecule has 1 heterocycles. The van der Waals surface area contributed by atoms with Crippen molar-refractivity contribution in [3.05, 3.63) is 23.4 Å². The molecule has 0 spiro atoms. The second kappa shape index (κ2) is 5.30. The molecule has 0 saturated heterocycles. The molecule has 112 valence electrons. The second-order valence-electron chi connectivity index (χ2n) is 5.69. The smallest absolute Gasteiger partial charge is 0.384 e. The molecule has 0 bridgehead atoms. The average molecular weight is 289 g/mol. The van der Waals surface area contributed by atoms with Crippen molar-refractivity contribution in [2.75, 3.05) is 19.3 Å². The minimum absolute atomic E-state index is 0.106. The summed E-state index contributed by atoms with van der Waals surface area (Å²) >= 11 is 0. The van der Waals surface area contributed by atoms with E-state index in [4.69, 9.17) is 5.73 Å². The largest absolute Gasteiger partial charge is 0.406 e. The van der Waals surface area contributed by atoms with Crippen molar-refractivity contribution in [1.29, 1.82) is 0 Å². The SMILES string of the molecule is CN(CC(F)(F)F)C(=O)c1cc(N)nc(C(C)(C)C)c1. The molecule has 1 amide bonds. The van der Waals surface area contributed by atoms with Gasteiger partial charge in [0, 0.05) is 23.7 Å². The number of amides is 1. The first-order valence-corrected chi connectivity index (χ1v) is 6.00. The van der Waals surface area contributed by atoms with Crippen LogP contribution in [0.15, 0.2) is 12.1 Å². The number of hydrogen-bond donors (Lipinski definition) is 1. The van der Waals surface area contributed by atoms with Crippen molar-refractivity contribution in [3.63, 3.8) is 0 Å².